The van der Waals surface area contributed by atoms with E-state index in [2.05, 4.69) is 19.9 Å². The summed E-state index contributed by atoms with van der Waals surface area (Å²) in [6.45, 7) is 1.36. The van der Waals surface area contributed by atoms with Crippen LogP contribution in [0.4, 0.5) is 5.82 Å². The number of nitrogens with zero attached hydrogens (tertiary/aromatic N) is 5. The molecule has 0 saturated heterocycles. The summed E-state index contributed by atoms with van der Waals surface area (Å²) in [7, 11) is 0. The number of rotatable bonds is 5. The third-order valence-corrected chi connectivity index (χ3v) is 2.88. The molecule has 7 nitrogen and oxygen atoms in total. The maximum absolute atomic E-state index is 5.74. The Morgan fingerprint density at radius 1 is 1.25 bits per heavy atom. The van der Waals surface area contributed by atoms with Crippen molar-refractivity contribution in [3.05, 3.63) is 37.2 Å². The van der Waals surface area contributed by atoms with E-state index in [-0.39, 0.29) is 0 Å². The number of imidazole rings is 1. The lowest BCUT2D eigenvalue weighted by Crippen LogP contribution is -2.04. The van der Waals surface area contributed by atoms with E-state index in [1.165, 1.54) is 6.33 Å². The summed E-state index contributed by atoms with van der Waals surface area (Å²) in [6, 6.07) is 3.73. The number of hydrogen-bond acceptors (Lipinski definition) is 6. The first-order valence-electron chi connectivity index (χ1n) is 6.29. The van der Waals surface area contributed by atoms with Crippen molar-refractivity contribution in [1.82, 2.24) is 24.5 Å². The zero-order valence-corrected chi connectivity index (χ0v) is 10.8. The van der Waals surface area contributed by atoms with Gasteiger partial charge in [0.25, 0.3) is 0 Å². The number of hydrogen-bond donors (Lipinski definition) is 1. The van der Waals surface area contributed by atoms with Crippen molar-refractivity contribution in [3.8, 4) is 5.75 Å². The van der Waals surface area contributed by atoms with Crippen molar-refractivity contribution in [2.75, 3.05) is 12.3 Å². The highest BCUT2D eigenvalue weighted by atomic mass is 16.5. The van der Waals surface area contributed by atoms with E-state index in [0.717, 1.165) is 24.4 Å². The molecule has 0 fully saturated rings. The molecule has 3 rings (SSSR count). The molecule has 0 aliphatic carbocycles. The number of nitrogens with two attached hydrogens (primary N) is 1. The van der Waals surface area contributed by atoms with Gasteiger partial charge < -0.3 is 15.0 Å². The number of aromatic nitrogens is 5. The molecule has 3 aromatic rings. The summed E-state index contributed by atoms with van der Waals surface area (Å²) in [4.78, 5) is 16.3. The lowest BCUT2D eigenvalue weighted by Gasteiger charge is -2.06. The molecule has 0 saturated carbocycles. The van der Waals surface area contributed by atoms with Crippen LogP contribution in [0.3, 0.4) is 0 Å². The van der Waals surface area contributed by atoms with Crippen LogP contribution in [0, 0.1) is 0 Å². The summed E-state index contributed by atoms with van der Waals surface area (Å²) in [5.41, 5.74) is 7.13. The molecule has 3 heterocycles. The van der Waals surface area contributed by atoms with Crippen LogP contribution in [0.1, 0.15) is 6.42 Å². The average Bonchev–Trinajstić information content (AvgIpc) is 2.90. The highest BCUT2D eigenvalue weighted by Gasteiger charge is 2.07. The molecule has 7 heteroatoms. The van der Waals surface area contributed by atoms with Crippen molar-refractivity contribution in [3.63, 3.8) is 0 Å². The van der Waals surface area contributed by atoms with Gasteiger partial charge in [0.15, 0.2) is 11.5 Å². The summed E-state index contributed by atoms with van der Waals surface area (Å²) < 4.78 is 7.53. The van der Waals surface area contributed by atoms with Crippen molar-refractivity contribution in [2.45, 2.75) is 13.0 Å². The Bertz CT molecular complexity index is 696. The van der Waals surface area contributed by atoms with Gasteiger partial charge in [0.1, 0.15) is 17.6 Å². The third kappa shape index (κ3) is 2.51. The zero-order chi connectivity index (χ0) is 13.8. The fraction of sp³-hybridized carbons (Fsp3) is 0.231. The smallest absolute Gasteiger partial charge is 0.165 e. The molecule has 0 amide bonds. The Hall–Kier alpha value is -2.70. The number of fused-ring (bicyclic) bond motifs is 1. The van der Waals surface area contributed by atoms with E-state index < -0.39 is 0 Å². The maximum Gasteiger partial charge on any atom is 0.165 e. The molecule has 0 aliphatic heterocycles. The summed E-state index contributed by atoms with van der Waals surface area (Å²) >= 11 is 0. The highest BCUT2D eigenvalue weighted by Crippen LogP contribution is 2.14. The number of aryl methyl sites for hydroxylation is 1. The minimum Gasteiger partial charge on any atom is -0.492 e. The fourth-order valence-corrected chi connectivity index (χ4v) is 1.92. The molecular formula is C13H14N6O. The van der Waals surface area contributed by atoms with Gasteiger partial charge in [0.05, 0.1) is 19.1 Å². The molecular weight excluding hydrogens is 256 g/mol. The van der Waals surface area contributed by atoms with Crippen molar-refractivity contribution in [1.29, 1.82) is 0 Å². The van der Waals surface area contributed by atoms with Crippen molar-refractivity contribution in [2.24, 2.45) is 0 Å². The van der Waals surface area contributed by atoms with E-state index in [0.29, 0.717) is 17.9 Å². The number of anilines is 1. The fourth-order valence-electron chi connectivity index (χ4n) is 1.92. The Kier molecular flexibility index (Phi) is 3.40. The third-order valence-electron chi connectivity index (χ3n) is 2.88. The average molecular weight is 270 g/mol. The number of pyridine rings is 1. The summed E-state index contributed by atoms with van der Waals surface area (Å²) in [5, 5.41) is 0. The largest absolute Gasteiger partial charge is 0.492 e. The molecule has 0 unspecified atom stereocenters. The van der Waals surface area contributed by atoms with Gasteiger partial charge in [-0.15, -0.1) is 0 Å². The van der Waals surface area contributed by atoms with E-state index >= 15 is 0 Å². The number of ether oxygens (including phenoxy) is 1. The first-order chi connectivity index (χ1) is 9.84. The minimum absolute atomic E-state index is 0.403. The van der Waals surface area contributed by atoms with E-state index in [1.54, 1.807) is 18.7 Å². The monoisotopic (exact) mass is 270 g/mol. The van der Waals surface area contributed by atoms with Gasteiger partial charge in [-0.2, -0.15) is 0 Å². The molecule has 20 heavy (non-hydrogen) atoms. The van der Waals surface area contributed by atoms with Crippen LogP contribution in [-0.4, -0.2) is 31.1 Å². The number of nitrogen functional groups attached to an aromatic ring is 1. The van der Waals surface area contributed by atoms with Crippen LogP contribution < -0.4 is 10.5 Å². The van der Waals surface area contributed by atoms with Crippen LogP contribution in [0.2, 0.25) is 0 Å². The molecule has 2 N–H and O–H groups in total. The Balaban J connectivity index is 1.59. The molecule has 0 atom stereocenters. The SMILES string of the molecule is Nc1ncnc2c1ncn2CCCOc1cccnc1. The van der Waals surface area contributed by atoms with Crippen LogP contribution in [0.5, 0.6) is 5.75 Å². The molecule has 0 aromatic carbocycles. The Morgan fingerprint density at radius 3 is 3.05 bits per heavy atom. The van der Waals surface area contributed by atoms with Gasteiger partial charge in [0.2, 0.25) is 0 Å². The first kappa shape index (κ1) is 12.3. The van der Waals surface area contributed by atoms with Crippen LogP contribution >= 0.6 is 0 Å². The predicted octanol–water partition coefficient (Wildman–Crippen LogP) is 1.27. The maximum atomic E-state index is 5.74. The molecule has 0 spiro atoms. The lowest BCUT2D eigenvalue weighted by atomic mass is 10.4. The molecule has 3 aromatic heterocycles. The second-order valence-corrected chi connectivity index (χ2v) is 4.26. The quantitative estimate of drug-likeness (QED) is 0.702. The van der Waals surface area contributed by atoms with Gasteiger partial charge in [-0.1, -0.05) is 0 Å². The molecule has 0 radical (unpaired) electrons. The predicted molar refractivity (Wildman–Crippen MR) is 74.1 cm³/mol. The van der Waals surface area contributed by atoms with Gasteiger partial charge in [-0.05, 0) is 18.6 Å². The zero-order valence-electron chi connectivity index (χ0n) is 10.8. The van der Waals surface area contributed by atoms with Crippen LogP contribution in [0.25, 0.3) is 11.2 Å². The Morgan fingerprint density at radius 2 is 2.20 bits per heavy atom. The van der Waals surface area contributed by atoms with E-state index in [9.17, 15) is 0 Å². The van der Waals surface area contributed by atoms with Gasteiger partial charge in [0, 0.05) is 12.7 Å². The van der Waals surface area contributed by atoms with E-state index in [4.69, 9.17) is 10.5 Å². The molecule has 0 aliphatic rings. The van der Waals surface area contributed by atoms with Gasteiger partial charge in [-0.3, -0.25) is 4.98 Å². The second kappa shape index (κ2) is 5.52. The second-order valence-electron chi connectivity index (χ2n) is 4.26. The molecule has 0 bridgehead atoms. The van der Waals surface area contributed by atoms with E-state index in [1.807, 2.05) is 16.7 Å². The topological polar surface area (TPSA) is 91.7 Å². The van der Waals surface area contributed by atoms with Gasteiger partial charge >= 0.3 is 0 Å². The van der Waals surface area contributed by atoms with Crippen LogP contribution in [-0.2, 0) is 6.54 Å². The Labute approximate surface area is 115 Å². The molecule has 102 valence electrons. The van der Waals surface area contributed by atoms with Crippen molar-refractivity contribution >= 4 is 17.0 Å². The standard InChI is InChI=1S/C13H14N6O/c14-12-11-13(17-8-16-12)19(9-18-11)5-2-6-20-10-3-1-4-15-7-10/h1,3-4,7-9H,2,5-6H2,(H2,14,16,17). The minimum atomic E-state index is 0.403. The van der Waals surface area contributed by atoms with Crippen LogP contribution in [0.15, 0.2) is 37.2 Å². The highest BCUT2D eigenvalue weighted by molar-refractivity contribution is 5.80. The normalized spacial score (nSPS) is 10.8. The summed E-state index contributed by atoms with van der Waals surface area (Å²) in [6.07, 6.45) is 7.42. The summed E-state index contributed by atoms with van der Waals surface area (Å²) in [5.74, 6) is 1.18. The lowest BCUT2D eigenvalue weighted by molar-refractivity contribution is 0.301. The first-order valence-corrected chi connectivity index (χ1v) is 6.29. The van der Waals surface area contributed by atoms with Crippen molar-refractivity contribution < 1.29 is 4.74 Å². The van der Waals surface area contributed by atoms with Gasteiger partial charge in [-0.25, -0.2) is 15.0 Å².